The van der Waals surface area contributed by atoms with E-state index in [0.29, 0.717) is 6.54 Å². The van der Waals surface area contributed by atoms with Crippen molar-refractivity contribution in [1.29, 1.82) is 0 Å². The Morgan fingerprint density at radius 2 is 2.00 bits per heavy atom. The van der Waals surface area contributed by atoms with Crippen molar-refractivity contribution in [2.75, 3.05) is 13.7 Å². The summed E-state index contributed by atoms with van der Waals surface area (Å²) in [4.78, 5) is 0. The highest BCUT2D eigenvalue weighted by Crippen LogP contribution is 2.20. The van der Waals surface area contributed by atoms with Gasteiger partial charge in [-0.25, -0.2) is 0 Å². The molecule has 0 radical (unpaired) electrons. The van der Waals surface area contributed by atoms with Gasteiger partial charge in [-0.1, -0.05) is 12.1 Å². The van der Waals surface area contributed by atoms with Gasteiger partial charge in [0.05, 0.1) is 7.11 Å². The lowest BCUT2D eigenvalue weighted by atomic mass is 10.1. The SMILES string of the molecule is COc1ccc(C(S)CN)cc1. The Morgan fingerprint density at radius 3 is 2.42 bits per heavy atom. The Bertz CT molecular complexity index is 235. The summed E-state index contributed by atoms with van der Waals surface area (Å²) < 4.78 is 5.03. The summed E-state index contributed by atoms with van der Waals surface area (Å²) in [6.45, 7) is 0.551. The molecule has 0 aliphatic heterocycles. The molecule has 0 amide bonds. The molecule has 1 aromatic carbocycles. The number of hydrogen-bond donors (Lipinski definition) is 2. The van der Waals surface area contributed by atoms with Crippen LogP contribution < -0.4 is 10.5 Å². The maximum Gasteiger partial charge on any atom is 0.118 e. The maximum absolute atomic E-state index is 5.47. The van der Waals surface area contributed by atoms with E-state index in [4.69, 9.17) is 10.5 Å². The summed E-state index contributed by atoms with van der Waals surface area (Å²) in [7, 11) is 1.65. The standard InChI is InChI=1S/C9H13NOS/c1-11-8-4-2-7(3-5-8)9(12)6-10/h2-5,9,12H,6,10H2,1H3. The molecule has 0 saturated heterocycles. The highest BCUT2D eigenvalue weighted by atomic mass is 32.1. The molecular formula is C9H13NOS. The molecule has 0 spiro atoms. The van der Waals surface area contributed by atoms with Crippen LogP contribution in [0.25, 0.3) is 0 Å². The lowest BCUT2D eigenvalue weighted by molar-refractivity contribution is 0.414. The van der Waals surface area contributed by atoms with E-state index >= 15 is 0 Å². The van der Waals surface area contributed by atoms with E-state index < -0.39 is 0 Å². The third kappa shape index (κ3) is 2.16. The molecule has 1 aromatic rings. The third-order valence-corrected chi connectivity index (χ3v) is 2.23. The van der Waals surface area contributed by atoms with Gasteiger partial charge in [0.1, 0.15) is 5.75 Å². The zero-order chi connectivity index (χ0) is 8.97. The number of nitrogens with two attached hydrogens (primary N) is 1. The van der Waals surface area contributed by atoms with Gasteiger partial charge in [0, 0.05) is 11.8 Å². The second-order valence-corrected chi connectivity index (χ2v) is 3.15. The molecule has 1 rings (SSSR count). The number of ether oxygens (including phenoxy) is 1. The Balaban J connectivity index is 2.77. The van der Waals surface area contributed by atoms with Gasteiger partial charge in [-0.3, -0.25) is 0 Å². The Morgan fingerprint density at radius 1 is 1.42 bits per heavy atom. The Kier molecular flexibility index (Phi) is 3.44. The molecule has 1 atom stereocenters. The summed E-state index contributed by atoms with van der Waals surface area (Å²) in [5.74, 6) is 0.858. The van der Waals surface area contributed by atoms with Crippen molar-refractivity contribution in [3.8, 4) is 5.75 Å². The highest BCUT2D eigenvalue weighted by Gasteiger charge is 2.02. The van der Waals surface area contributed by atoms with E-state index in [2.05, 4.69) is 12.6 Å². The molecule has 0 aliphatic rings. The van der Waals surface area contributed by atoms with Crippen LogP contribution in [0.2, 0.25) is 0 Å². The monoisotopic (exact) mass is 183 g/mol. The van der Waals surface area contributed by atoms with E-state index in [9.17, 15) is 0 Å². The van der Waals surface area contributed by atoms with Crippen LogP contribution in [-0.4, -0.2) is 13.7 Å². The number of hydrogen-bond acceptors (Lipinski definition) is 3. The summed E-state index contributed by atoms with van der Waals surface area (Å²) in [5.41, 5.74) is 6.59. The normalized spacial score (nSPS) is 12.6. The van der Waals surface area contributed by atoms with Crippen LogP contribution >= 0.6 is 12.6 Å². The molecule has 2 nitrogen and oxygen atoms in total. The summed E-state index contributed by atoms with van der Waals surface area (Å²) in [5, 5.41) is 0.121. The Hall–Kier alpha value is -0.670. The first-order chi connectivity index (χ1) is 5.77. The number of methoxy groups -OCH3 is 1. The first-order valence-electron chi connectivity index (χ1n) is 3.80. The molecule has 2 N–H and O–H groups in total. The predicted octanol–water partition coefficient (Wildman–Crippen LogP) is 1.62. The minimum atomic E-state index is 0.121. The van der Waals surface area contributed by atoms with Crippen LogP contribution in [0.5, 0.6) is 5.75 Å². The van der Waals surface area contributed by atoms with Gasteiger partial charge >= 0.3 is 0 Å². The number of rotatable bonds is 3. The zero-order valence-electron chi connectivity index (χ0n) is 7.03. The topological polar surface area (TPSA) is 35.2 Å². The van der Waals surface area contributed by atoms with E-state index in [-0.39, 0.29) is 5.25 Å². The number of thiol groups is 1. The van der Waals surface area contributed by atoms with Crippen molar-refractivity contribution < 1.29 is 4.74 Å². The van der Waals surface area contributed by atoms with Crippen LogP contribution in [-0.2, 0) is 0 Å². The van der Waals surface area contributed by atoms with Gasteiger partial charge in [-0.15, -0.1) is 0 Å². The average molecular weight is 183 g/mol. The average Bonchev–Trinajstić information content (AvgIpc) is 2.17. The fraction of sp³-hybridized carbons (Fsp3) is 0.333. The molecule has 0 saturated carbocycles. The molecule has 3 heteroatoms. The van der Waals surface area contributed by atoms with Gasteiger partial charge in [-0.2, -0.15) is 12.6 Å². The quantitative estimate of drug-likeness (QED) is 0.698. The second kappa shape index (κ2) is 4.38. The Labute approximate surface area is 78.1 Å². The van der Waals surface area contributed by atoms with Gasteiger partial charge in [0.15, 0.2) is 0 Å². The van der Waals surface area contributed by atoms with Crippen LogP contribution in [0.1, 0.15) is 10.8 Å². The molecular weight excluding hydrogens is 170 g/mol. The first kappa shape index (κ1) is 9.42. The fourth-order valence-electron chi connectivity index (χ4n) is 0.962. The van der Waals surface area contributed by atoms with Crippen LogP contribution in [0.4, 0.5) is 0 Å². The van der Waals surface area contributed by atoms with Crippen LogP contribution in [0.3, 0.4) is 0 Å². The lowest BCUT2D eigenvalue weighted by Crippen LogP contribution is -2.06. The first-order valence-corrected chi connectivity index (χ1v) is 4.31. The molecule has 66 valence electrons. The van der Waals surface area contributed by atoms with Crippen LogP contribution in [0.15, 0.2) is 24.3 Å². The highest BCUT2D eigenvalue weighted by molar-refractivity contribution is 7.80. The minimum Gasteiger partial charge on any atom is -0.497 e. The molecule has 12 heavy (non-hydrogen) atoms. The van der Waals surface area contributed by atoms with Gasteiger partial charge in [0.2, 0.25) is 0 Å². The molecule has 0 fully saturated rings. The molecule has 0 aromatic heterocycles. The van der Waals surface area contributed by atoms with Crippen molar-refractivity contribution in [1.82, 2.24) is 0 Å². The van der Waals surface area contributed by atoms with Gasteiger partial charge in [-0.05, 0) is 17.7 Å². The molecule has 0 heterocycles. The zero-order valence-corrected chi connectivity index (χ0v) is 7.92. The minimum absolute atomic E-state index is 0.121. The second-order valence-electron chi connectivity index (χ2n) is 2.52. The smallest absolute Gasteiger partial charge is 0.118 e. The third-order valence-electron chi connectivity index (χ3n) is 1.72. The maximum atomic E-state index is 5.47. The predicted molar refractivity (Wildman–Crippen MR) is 53.8 cm³/mol. The van der Waals surface area contributed by atoms with Crippen molar-refractivity contribution in [2.45, 2.75) is 5.25 Å². The van der Waals surface area contributed by atoms with Crippen molar-refractivity contribution in [2.24, 2.45) is 5.73 Å². The summed E-state index contributed by atoms with van der Waals surface area (Å²) in [6, 6.07) is 7.77. The fourth-order valence-corrected chi connectivity index (χ4v) is 1.13. The largest absolute Gasteiger partial charge is 0.497 e. The lowest BCUT2D eigenvalue weighted by Gasteiger charge is -2.08. The molecule has 0 aliphatic carbocycles. The van der Waals surface area contributed by atoms with Crippen molar-refractivity contribution in [3.63, 3.8) is 0 Å². The van der Waals surface area contributed by atoms with Gasteiger partial charge in [0.25, 0.3) is 0 Å². The van der Waals surface area contributed by atoms with Crippen LogP contribution in [0, 0.1) is 0 Å². The van der Waals surface area contributed by atoms with E-state index in [1.54, 1.807) is 7.11 Å². The van der Waals surface area contributed by atoms with Crippen molar-refractivity contribution >= 4 is 12.6 Å². The van der Waals surface area contributed by atoms with Crippen molar-refractivity contribution in [3.05, 3.63) is 29.8 Å². The molecule has 0 bridgehead atoms. The van der Waals surface area contributed by atoms with E-state index in [1.165, 1.54) is 0 Å². The van der Waals surface area contributed by atoms with Gasteiger partial charge < -0.3 is 10.5 Å². The van der Waals surface area contributed by atoms with E-state index in [0.717, 1.165) is 11.3 Å². The molecule has 1 unspecified atom stereocenters. The summed E-state index contributed by atoms with van der Waals surface area (Å²) >= 11 is 4.32. The summed E-state index contributed by atoms with van der Waals surface area (Å²) in [6.07, 6.45) is 0. The van der Waals surface area contributed by atoms with E-state index in [1.807, 2.05) is 24.3 Å². The number of benzene rings is 1.